The third-order valence-electron chi connectivity index (χ3n) is 3.93. The van der Waals surface area contributed by atoms with Crippen molar-refractivity contribution in [2.45, 2.75) is 64.4 Å². The Morgan fingerprint density at radius 3 is 2.75 bits per heavy atom. The third kappa shape index (κ3) is 3.99. The number of hydrogen-bond acceptors (Lipinski definition) is 2. The molecule has 0 aromatic heterocycles. The van der Waals surface area contributed by atoms with Gasteiger partial charge in [-0.05, 0) is 36.6 Å². The van der Waals surface area contributed by atoms with Gasteiger partial charge in [0.25, 0.3) is 0 Å². The first-order chi connectivity index (χ1) is 9.70. The zero-order valence-electron chi connectivity index (χ0n) is 12.2. The van der Waals surface area contributed by atoms with Gasteiger partial charge in [-0.2, -0.15) is 0 Å². The van der Waals surface area contributed by atoms with Crippen molar-refractivity contribution < 1.29 is 14.6 Å². The van der Waals surface area contributed by atoms with Crippen LogP contribution < -0.4 is 4.74 Å². The van der Waals surface area contributed by atoms with Crippen molar-refractivity contribution in [3.05, 3.63) is 29.3 Å². The minimum atomic E-state index is -0.868. The van der Waals surface area contributed by atoms with E-state index in [-0.39, 0.29) is 6.10 Å². The summed E-state index contributed by atoms with van der Waals surface area (Å²) in [6.45, 7) is 2.23. The second-order valence-electron chi connectivity index (χ2n) is 5.63. The molecule has 1 unspecified atom stereocenters. The van der Waals surface area contributed by atoms with Gasteiger partial charge >= 0.3 is 5.97 Å². The summed E-state index contributed by atoms with van der Waals surface area (Å²) in [5.74, 6) is -0.00171. The van der Waals surface area contributed by atoms with Crippen LogP contribution in [-0.4, -0.2) is 17.2 Å². The van der Waals surface area contributed by atoms with Gasteiger partial charge in [-0.15, -0.1) is 0 Å². The number of hydrogen-bond donors (Lipinski definition) is 1. The van der Waals surface area contributed by atoms with Crippen LogP contribution in [0.4, 0.5) is 0 Å². The smallest absolute Gasteiger partial charge is 0.335 e. The van der Waals surface area contributed by atoms with Crippen molar-refractivity contribution >= 4 is 5.97 Å². The summed E-state index contributed by atoms with van der Waals surface area (Å²) < 4.78 is 5.88. The highest BCUT2D eigenvalue weighted by molar-refractivity contribution is 5.88. The highest BCUT2D eigenvalue weighted by atomic mass is 16.5. The average molecular weight is 276 g/mol. The van der Waals surface area contributed by atoms with E-state index in [4.69, 9.17) is 9.84 Å². The van der Waals surface area contributed by atoms with Gasteiger partial charge in [0.1, 0.15) is 11.9 Å². The maximum absolute atomic E-state index is 10.9. The van der Waals surface area contributed by atoms with Crippen LogP contribution in [0.1, 0.15) is 67.8 Å². The van der Waals surface area contributed by atoms with Gasteiger partial charge in [0.15, 0.2) is 0 Å². The first-order valence-electron chi connectivity index (χ1n) is 7.73. The number of carboxylic acid groups (broad SMARTS) is 1. The van der Waals surface area contributed by atoms with Crippen LogP contribution in [0.15, 0.2) is 18.2 Å². The highest BCUT2D eigenvalue weighted by Crippen LogP contribution is 2.31. The Morgan fingerprint density at radius 2 is 2.00 bits per heavy atom. The largest absolute Gasteiger partial charge is 0.490 e. The fraction of sp³-hybridized carbons (Fsp3) is 0.588. The van der Waals surface area contributed by atoms with Gasteiger partial charge in [-0.1, -0.05) is 39.0 Å². The van der Waals surface area contributed by atoms with Crippen molar-refractivity contribution in [2.24, 2.45) is 0 Å². The molecule has 1 atom stereocenters. The molecule has 1 aliphatic rings. The van der Waals surface area contributed by atoms with Crippen LogP contribution >= 0.6 is 0 Å². The number of fused-ring (bicyclic) bond motifs is 1. The first-order valence-corrected chi connectivity index (χ1v) is 7.73. The minimum absolute atomic E-state index is 0.236. The summed E-state index contributed by atoms with van der Waals surface area (Å²) in [6, 6.07) is 5.16. The zero-order chi connectivity index (χ0) is 14.4. The van der Waals surface area contributed by atoms with E-state index in [0.29, 0.717) is 5.56 Å². The fourth-order valence-corrected chi connectivity index (χ4v) is 2.77. The number of carboxylic acids is 1. The number of benzene rings is 1. The lowest BCUT2D eigenvalue weighted by atomic mass is 10.0. The van der Waals surface area contributed by atoms with E-state index < -0.39 is 5.97 Å². The number of carbonyl (C=O) groups is 1. The van der Waals surface area contributed by atoms with E-state index in [9.17, 15) is 4.79 Å². The van der Waals surface area contributed by atoms with Gasteiger partial charge in [-0.3, -0.25) is 0 Å². The molecule has 0 aliphatic carbocycles. The van der Waals surface area contributed by atoms with Crippen LogP contribution in [-0.2, 0) is 6.42 Å². The van der Waals surface area contributed by atoms with E-state index in [1.165, 1.54) is 38.5 Å². The van der Waals surface area contributed by atoms with Crippen LogP contribution in [0.5, 0.6) is 5.75 Å². The molecule has 110 valence electrons. The minimum Gasteiger partial charge on any atom is -0.490 e. The summed E-state index contributed by atoms with van der Waals surface area (Å²) >= 11 is 0. The quantitative estimate of drug-likeness (QED) is 0.714. The highest BCUT2D eigenvalue weighted by Gasteiger charge is 2.23. The van der Waals surface area contributed by atoms with E-state index in [1.807, 2.05) is 0 Å². The van der Waals surface area contributed by atoms with E-state index in [0.717, 1.165) is 24.2 Å². The van der Waals surface area contributed by atoms with Crippen LogP contribution in [0, 0.1) is 0 Å². The monoisotopic (exact) mass is 276 g/mol. The number of unbranched alkanes of at least 4 members (excludes halogenated alkanes) is 5. The summed E-state index contributed by atoms with van der Waals surface area (Å²) in [7, 11) is 0. The maximum Gasteiger partial charge on any atom is 0.335 e. The molecular weight excluding hydrogens is 252 g/mol. The Labute approximate surface area is 121 Å². The Hall–Kier alpha value is -1.51. The molecule has 1 heterocycles. The number of ether oxygens (including phenoxy) is 1. The van der Waals surface area contributed by atoms with Crippen molar-refractivity contribution in [1.82, 2.24) is 0 Å². The number of rotatable bonds is 8. The second-order valence-corrected chi connectivity index (χ2v) is 5.63. The molecule has 3 nitrogen and oxygen atoms in total. The fourth-order valence-electron chi connectivity index (χ4n) is 2.77. The van der Waals surface area contributed by atoms with Crippen LogP contribution in [0.2, 0.25) is 0 Å². The summed E-state index contributed by atoms with van der Waals surface area (Å²) in [5, 5.41) is 8.99. The van der Waals surface area contributed by atoms with Crippen LogP contribution in [0.3, 0.4) is 0 Å². The van der Waals surface area contributed by atoms with Crippen molar-refractivity contribution in [3.8, 4) is 5.75 Å². The summed E-state index contributed by atoms with van der Waals surface area (Å²) in [4.78, 5) is 10.9. The molecular formula is C17H24O3. The lowest BCUT2D eigenvalue weighted by molar-refractivity contribution is 0.0697. The average Bonchev–Trinajstić information content (AvgIpc) is 2.84. The molecule has 2 rings (SSSR count). The number of aromatic carboxylic acids is 1. The van der Waals surface area contributed by atoms with Crippen molar-refractivity contribution in [1.29, 1.82) is 0 Å². The third-order valence-corrected chi connectivity index (χ3v) is 3.93. The Kier molecular flexibility index (Phi) is 5.45. The molecule has 0 saturated heterocycles. The topological polar surface area (TPSA) is 46.5 Å². The molecule has 0 fully saturated rings. The molecule has 1 N–H and O–H groups in total. The van der Waals surface area contributed by atoms with Crippen molar-refractivity contribution in [3.63, 3.8) is 0 Å². The van der Waals surface area contributed by atoms with Crippen molar-refractivity contribution in [2.75, 3.05) is 0 Å². The molecule has 1 aromatic carbocycles. The normalized spacial score (nSPS) is 16.8. The Balaban J connectivity index is 1.74. The predicted molar refractivity (Wildman–Crippen MR) is 79.5 cm³/mol. The van der Waals surface area contributed by atoms with Gasteiger partial charge in [-0.25, -0.2) is 4.79 Å². The van der Waals surface area contributed by atoms with Gasteiger partial charge < -0.3 is 9.84 Å². The second kappa shape index (κ2) is 7.32. The standard InChI is InChI=1S/C17H24O3/c1-2-3-4-5-6-7-8-15-12-14-11-13(17(18)19)9-10-16(14)20-15/h9-11,15H,2-8,12H2,1H3,(H,18,19). The van der Waals surface area contributed by atoms with E-state index >= 15 is 0 Å². The maximum atomic E-state index is 10.9. The lowest BCUT2D eigenvalue weighted by Gasteiger charge is -2.10. The van der Waals surface area contributed by atoms with Crippen LogP contribution in [0.25, 0.3) is 0 Å². The Morgan fingerprint density at radius 1 is 1.25 bits per heavy atom. The molecule has 0 radical (unpaired) electrons. The Bertz CT molecular complexity index is 454. The molecule has 1 aliphatic heterocycles. The molecule has 20 heavy (non-hydrogen) atoms. The molecule has 0 bridgehead atoms. The van der Waals surface area contributed by atoms with Gasteiger partial charge in [0, 0.05) is 6.42 Å². The lowest BCUT2D eigenvalue weighted by Crippen LogP contribution is -2.12. The zero-order valence-corrected chi connectivity index (χ0v) is 12.2. The van der Waals surface area contributed by atoms with Gasteiger partial charge in [0.05, 0.1) is 5.56 Å². The SMILES string of the molecule is CCCCCCCCC1Cc2cc(C(=O)O)ccc2O1. The molecule has 3 heteroatoms. The summed E-state index contributed by atoms with van der Waals surface area (Å²) in [6.07, 6.45) is 9.91. The molecule has 0 saturated carbocycles. The molecule has 1 aromatic rings. The molecule has 0 spiro atoms. The van der Waals surface area contributed by atoms with E-state index in [1.54, 1.807) is 18.2 Å². The molecule has 0 amide bonds. The van der Waals surface area contributed by atoms with E-state index in [2.05, 4.69) is 6.92 Å². The van der Waals surface area contributed by atoms with Gasteiger partial charge in [0.2, 0.25) is 0 Å². The predicted octanol–water partition coefficient (Wildman–Crippen LogP) is 4.44. The summed E-state index contributed by atoms with van der Waals surface area (Å²) in [5.41, 5.74) is 1.40. The first kappa shape index (κ1) is 14.9.